The first-order valence-corrected chi connectivity index (χ1v) is 9.25. The minimum atomic E-state index is -3.53. The lowest BCUT2D eigenvalue weighted by molar-refractivity contribution is 0.476. The summed E-state index contributed by atoms with van der Waals surface area (Å²) in [6.45, 7) is 2.23. The number of hydrogen-bond donors (Lipinski definition) is 1. The van der Waals surface area contributed by atoms with E-state index >= 15 is 0 Å². The van der Waals surface area contributed by atoms with Gasteiger partial charge in [0.05, 0.1) is 16.5 Å². The normalized spacial score (nSPS) is 16.8. The van der Waals surface area contributed by atoms with Crippen molar-refractivity contribution in [3.63, 3.8) is 0 Å². The Kier molecular flexibility index (Phi) is 5.08. The molecule has 0 atom stereocenters. The summed E-state index contributed by atoms with van der Waals surface area (Å²) in [5.41, 5.74) is 1.03. The SMILES string of the molecule is Cc1ccc(C#N)cc1S(=O)(=O)NCC1CCSCC1. The summed E-state index contributed by atoms with van der Waals surface area (Å²) in [5, 5.41) is 8.88. The van der Waals surface area contributed by atoms with E-state index in [1.165, 1.54) is 6.07 Å². The van der Waals surface area contributed by atoms with Gasteiger partial charge in [-0.15, -0.1) is 0 Å². The molecule has 0 aromatic heterocycles. The maximum atomic E-state index is 12.3. The minimum absolute atomic E-state index is 0.210. The van der Waals surface area contributed by atoms with E-state index < -0.39 is 10.0 Å². The van der Waals surface area contributed by atoms with E-state index in [2.05, 4.69) is 4.72 Å². The number of nitrogens with one attached hydrogen (secondary N) is 1. The fourth-order valence-corrected chi connectivity index (χ4v) is 4.80. The first kappa shape index (κ1) is 15.4. The third-order valence-electron chi connectivity index (χ3n) is 3.51. The highest BCUT2D eigenvalue weighted by atomic mass is 32.2. The Hall–Kier alpha value is -1.03. The highest BCUT2D eigenvalue weighted by Gasteiger charge is 2.20. The van der Waals surface area contributed by atoms with Gasteiger partial charge in [-0.05, 0) is 54.9 Å². The van der Waals surface area contributed by atoms with Crippen molar-refractivity contribution < 1.29 is 8.42 Å². The van der Waals surface area contributed by atoms with Gasteiger partial charge in [0.25, 0.3) is 0 Å². The molecule has 0 spiro atoms. The van der Waals surface area contributed by atoms with Gasteiger partial charge in [-0.2, -0.15) is 17.0 Å². The smallest absolute Gasteiger partial charge is 0.211 e. The lowest BCUT2D eigenvalue weighted by Gasteiger charge is -2.21. The number of nitriles is 1. The largest absolute Gasteiger partial charge is 0.240 e. The van der Waals surface area contributed by atoms with Crippen molar-refractivity contribution in [3.8, 4) is 6.07 Å². The lowest BCUT2D eigenvalue weighted by atomic mass is 10.0. The predicted molar refractivity (Wildman–Crippen MR) is 81.1 cm³/mol. The van der Waals surface area contributed by atoms with Crippen molar-refractivity contribution in [2.24, 2.45) is 5.92 Å². The van der Waals surface area contributed by atoms with Crippen LogP contribution < -0.4 is 4.72 Å². The van der Waals surface area contributed by atoms with Crippen LogP contribution in [0.3, 0.4) is 0 Å². The number of sulfonamides is 1. The molecule has 108 valence electrons. The van der Waals surface area contributed by atoms with E-state index in [0.29, 0.717) is 23.6 Å². The van der Waals surface area contributed by atoms with E-state index in [-0.39, 0.29) is 4.90 Å². The average Bonchev–Trinajstić information content (AvgIpc) is 2.47. The number of benzene rings is 1. The van der Waals surface area contributed by atoms with Gasteiger partial charge in [-0.3, -0.25) is 0 Å². The molecule has 20 heavy (non-hydrogen) atoms. The van der Waals surface area contributed by atoms with E-state index in [1.54, 1.807) is 19.1 Å². The van der Waals surface area contributed by atoms with Crippen LogP contribution in [0.15, 0.2) is 23.1 Å². The number of nitrogens with zero attached hydrogens (tertiary/aromatic N) is 1. The lowest BCUT2D eigenvalue weighted by Crippen LogP contribution is -2.31. The molecule has 0 saturated carbocycles. The molecule has 0 radical (unpaired) electrons. The molecule has 1 aliphatic rings. The van der Waals surface area contributed by atoms with Crippen LogP contribution in [0, 0.1) is 24.2 Å². The Morgan fingerprint density at radius 3 is 2.75 bits per heavy atom. The molecule has 1 fully saturated rings. The number of hydrogen-bond acceptors (Lipinski definition) is 4. The summed E-state index contributed by atoms with van der Waals surface area (Å²) >= 11 is 1.92. The van der Waals surface area contributed by atoms with Crippen molar-refractivity contribution in [2.75, 3.05) is 18.1 Å². The van der Waals surface area contributed by atoms with Gasteiger partial charge in [0.2, 0.25) is 10.0 Å². The summed E-state index contributed by atoms with van der Waals surface area (Å²) in [6, 6.07) is 6.72. The molecule has 0 unspecified atom stereocenters. The zero-order chi connectivity index (χ0) is 14.6. The standard InChI is InChI=1S/C14H18N2O2S2/c1-11-2-3-13(9-15)8-14(11)20(17,18)16-10-12-4-6-19-7-5-12/h2-3,8,12,16H,4-7,10H2,1H3. The van der Waals surface area contributed by atoms with Crippen molar-refractivity contribution >= 4 is 21.8 Å². The van der Waals surface area contributed by atoms with Crippen molar-refractivity contribution in [1.29, 1.82) is 5.26 Å². The van der Waals surface area contributed by atoms with Gasteiger partial charge in [0, 0.05) is 6.54 Å². The third kappa shape index (κ3) is 3.75. The van der Waals surface area contributed by atoms with Crippen molar-refractivity contribution in [3.05, 3.63) is 29.3 Å². The molecular weight excluding hydrogens is 292 g/mol. The highest BCUT2D eigenvalue weighted by Crippen LogP contribution is 2.23. The number of thioether (sulfide) groups is 1. The van der Waals surface area contributed by atoms with Crippen LogP contribution >= 0.6 is 11.8 Å². The first-order chi connectivity index (χ1) is 9.53. The van der Waals surface area contributed by atoms with Gasteiger partial charge in [0.1, 0.15) is 0 Å². The third-order valence-corrected chi connectivity index (χ3v) is 6.12. The van der Waals surface area contributed by atoms with Crippen LogP contribution in [0.25, 0.3) is 0 Å². The van der Waals surface area contributed by atoms with Gasteiger partial charge >= 0.3 is 0 Å². The molecule has 6 heteroatoms. The second kappa shape index (κ2) is 6.61. The molecule has 2 rings (SSSR count). The molecule has 4 nitrogen and oxygen atoms in total. The Bertz CT molecular complexity index is 615. The van der Waals surface area contributed by atoms with Crippen LogP contribution in [-0.2, 0) is 10.0 Å². The number of aryl methyl sites for hydroxylation is 1. The Morgan fingerprint density at radius 1 is 1.40 bits per heavy atom. The van der Waals surface area contributed by atoms with Crippen LogP contribution in [0.2, 0.25) is 0 Å². The van der Waals surface area contributed by atoms with Crippen LogP contribution in [0.4, 0.5) is 0 Å². The van der Waals surface area contributed by atoms with Crippen LogP contribution in [0.1, 0.15) is 24.0 Å². The van der Waals surface area contributed by atoms with Crippen LogP contribution in [0.5, 0.6) is 0 Å². The summed E-state index contributed by atoms with van der Waals surface area (Å²) < 4.78 is 27.4. The molecule has 0 bridgehead atoms. The van der Waals surface area contributed by atoms with E-state index in [4.69, 9.17) is 5.26 Å². The molecule has 1 heterocycles. The summed E-state index contributed by atoms with van der Waals surface area (Å²) in [6.07, 6.45) is 2.12. The molecule has 1 saturated heterocycles. The molecule has 0 amide bonds. The zero-order valence-corrected chi connectivity index (χ0v) is 13.1. The van der Waals surface area contributed by atoms with Crippen LogP contribution in [-0.4, -0.2) is 26.5 Å². The van der Waals surface area contributed by atoms with E-state index in [9.17, 15) is 8.42 Å². The van der Waals surface area contributed by atoms with Gasteiger partial charge in [-0.1, -0.05) is 6.07 Å². The monoisotopic (exact) mass is 310 g/mol. The zero-order valence-electron chi connectivity index (χ0n) is 11.4. The maximum absolute atomic E-state index is 12.3. The fourth-order valence-electron chi connectivity index (χ4n) is 2.21. The second-order valence-electron chi connectivity index (χ2n) is 5.00. The highest BCUT2D eigenvalue weighted by molar-refractivity contribution is 7.99. The molecule has 0 aliphatic carbocycles. The molecule has 1 aromatic rings. The molecule has 1 N–H and O–H groups in total. The topological polar surface area (TPSA) is 70.0 Å². The van der Waals surface area contributed by atoms with E-state index in [0.717, 1.165) is 24.3 Å². The molecule has 1 aliphatic heterocycles. The Labute approximate surface area is 124 Å². The van der Waals surface area contributed by atoms with Gasteiger partial charge < -0.3 is 0 Å². The molecular formula is C14H18N2O2S2. The summed E-state index contributed by atoms with van der Waals surface area (Å²) in [7, 11) is -3.53. The maximum Gasteiger partial charge on any atom is 0.240 e. The van der Waals surface area contributed by atoms with Gasteiger partial charge in [-0.25, -0.2) is 13.1 Å². The van der Waals surface area contributed by atoms with Crippen molar-refractivity contribution in [1.82, 2.24) is 4.72 Å². The minimum Gasteiger partial charge on any atom is -0.211 e. The molecule has 1 aromatic carbocycles. The Morgan fingerprint density at radius 2 is 2.10 bits per heavy atom. The Balaban J connectivity index is 2.11. The van der Waals surface area contributed by atoms with Gasteiger partial charge in [0.15, 0.2) is 0 Å². The number of rotatable bonds is 4. The van der Waals surface area contributed by atoms with Crippen molar-refractivity contribution in [2.45, 2.75) is 24.7 Å². The fraction of sp³-hybridized carbons (Fsp3) is 0.500. The van der Waals surface area contributed by atoms with E-state index in [1.807, 2.05) is 17.8 Å². The second-order valence-corrected chi connectivity index (χ2v) is 7.96. The summed E-state index contributed by atoms with van der Waals surface area (Å²) in [5.74, 6) is 2.63. The predicted octanol–water partition coefficient (Wildman–Crippen LogP) is 2.29. The quantitative estimate of drug-likeness (QED) is 0.926. The first-order valence-electron chi connectivity index (χ1n) is 6.61. The average molecular weight is 310 g/mol. The summed E-state index contributed by atoms with van der Waals surface area (Å²) in [4.78, 5) is 0.210.